The molecule has 0 bridgehead atoms. The standard InChI is InChI=1S/C28H29F3N8O3/c1-15-13-39(14-21(24(15)37-38-32)36-27(41)42-28(2,3)4)22-10-11-33-12-20(22)35-26(40)19-9-8-18(31)25(34-19)23-16(29)6-5-7-17(23)30/h5-12,15,21,24H,13-14H2,1-4H3,(H,35,40)(H,36,41)/t15-,21+,24-/m0/s1. The van der Waals surface area contributed by atoms with Crippen LogP contribution in [0.2, 0.25) is 0 Å². The number of azide groups is 1. The Morgan fingerprint density at radius 3 is 2.48 bits per heavy atom. The lowest BCUT2D eigenvalue weighted by atomic mass is 9.90. The SMILES string of the molecule is C[C@H]1CN(c2ccncc2NC(=O)c2ccc(F)c(-c3c(F)cccc3F)n2)C[C@@H](NC(=O)OC(C)(C)C)[C@H]1N=[N+]=[N-]. The molecule has 2 aromatic heterocycles. The Hall–Kier alpha value is -4.84. The number of anilines is 2. The number of rotatable bonds is 6. The highest BCUT2D eigenvalue weighted by Crippen LogP contribution is 2.32. The maximum Gasteiger partial charge on any atom is 0.407 e. The van der Waals surface area contributed by atoms with E-state index in [9.17, 15) is 22.8 Å². The van der Waals surface area contributed by atoms with Crippen LogP contribution >= 0.6 is 0 Å². The number of nitrogens with zero attached hydrogens (tertiary/aromatic N) is 6. The molecule has 1 fully saturated rings. The Bertz CT molecular complexity index is 1520. The number of hydrogen-bond donors (Lipinski definition) is 2. The molecular formula is C28H29F3N8O3. The van der Waals surface area contributed by atoms with Crippen LogP contribution in [0.15, 0.2) is 53.9 Å². The largest absolute Gasteiger partial charge is 0.444 e. The van der Waals surface area contributed by atoms with E-state index in [1.807, 2.05) is 11.8 Å². The highest BCUT2D eigenvalue weighted by Gasteiger charge is 2.37. The Kier molecular flexibility index (Phi) is 8.86. The zero-order valence-corrected chi connectivity index (χ0v) is 23.3. The van der Waals surface area contributed by atoms with Gasteiger partial charge in [-0.2, -0.15) is 0 Å². The minimum Gasteiger partial charge on any atom is -0.444 e. The van der Waals surface area contributed by atoms with Gasteiger partial charge in [0.15, 0.2) is 0 Å². The van der Waals surface area contributed by atoms with Gasteiger partial charge in [-0.25, -0.2) is 22.9 Å². The van der Waals surface area contributed by atoms with Crippen molar-refractivity contribution in [2.45, 2.75) is 45.4 Å². The third kappa shape index (κ3) is 6.89. The fourth-order valence-corrected chi connectivity index (χ4v) is 4.73. The molecule has 220 valence electrons. The summed E-state index contributed by atoms with van der Waals surface area (Å²) in [6, 6.07) is 5.51. The normalized spacial score (nSPS) is 18.5. The number of carbonyl (C=O) groups excluding carboxylic acids is 2. The van der Waals surface area contributed by atoms with Gasteiger partial charge in [0, 0.05) is 24.2 Å². The number of alkyl carbamates (subject to hydrolysis) is 1. The fraction of sp³-hybridized carbons (Fsp3) is 0.357. The zero-order chi connectivity index (χ0) is 30.6. The second kappa shape index (κ2) is 12.4. The third-order valence-corrected chi connectivity index (χ3v) is 6.47. The highest BCUT2D eigenvalue weighted by atomic mass is 19.1. The zero-order valence-electron chi connectivity index (χ0n) is 23.3. The number of ether oxygens (including phenoxy) is 1. The van der Waals surface area contributed by atoms with Crippen molar-refractivity contribution in [1.82, 2.24) is 15.3 Å². The number of nitrogens with one attached hydrogen (secondary N) is 2. The van der Waals surface area contributed by atoms with Gasteiger partial charge in [0.25, 0.3) is 5.91 Å². The number of aromatic nitrogens is 2. The van der Waals surface area contributed by atoms with Crippen LogP contribution < -0.4 is 15.5 Å². The summed E-state index contributed by atoms with van der Waals surface area (Å²) in [7, 11) is 0. The van der Waals surface area contributed by atoms with E-state index in [0.717, 1.165) is 30.3 Å². The van der Waals surface area contributed by atoms with Gasteiger partial charge in [0.1, 0.15) is 34.4 Å². The van der Waals surface area contributed by atoms with E-state index in [4.69, 9.17) is 10.3 Å². The van der Waals surface area contributed by atoms with E-state index in [1.165, 1.54) is 12.4 Å². The Balaban J connectivity index is 1.60. The van der Waals surface area contributed by atoms with E-state index in [1.54, 1.807) is 26.8 Å². The number of benzene rings is 1. The first kappa shape index (κ1) is 30.1. The molecule has 0 spiro atoms. The molecule has 3 heterocycles. The molecule has 1 aliphatic heterocycles. The van der Waals surface area contributed by atoms with Crippen LogP contribution in [-0.4, -0.2) is 52.7 Å². The first-order valence-corrected chi connectivity index (χ1v) is 13.0. The molecule has 3 aromatic rings. The summed E-state index contributed by atoms with van der Waals surface area (Å²) in [5.41, 5.74) is 7.55. The number of halogens is 3. The molecule has 14 heteroatoms. The monoisotopic (exact) mass is 582 g/mol. The molecule has 1 saturated heterocycles. The van der Waals surface area contributed by atoms with Crippen LogP contribution in [0.25, 0.3) is 21.7 Å². The number of pyridine rings is 2. The van der Waals surface area contributed by atoms with Crippen molar-refractivity contribution >= 4 is 23.4 Å². The maximum atomic E-state index is 14.5. The molecule has 0 saturated carbocycles. The lowest BCUT2D eigenvalue weighted by Gasteiger charge is -2.42. The Labute approximate surface area is 239 Å². The van der Waals surface area contributed by atoms with Gasteiger partial charge < -0.3 is 20.3 Å². The predicted molar refractivity (Wildman–Crippen MR) is 149 cm³/mol. The summed E-state index contributed by atoms with van der Waals surface area (Å²) in [6.45, 7) is 7.64. The summed E-state index contributed by atoms with van der Waals surface area (Å²) in [4.78, 5) is 38.6. The van der Waals surface area contributed by atoms with Crippen LogP contribution in [0.5, 0.6) is 0 Å². The number of carbonyl (C=O) groups is 2. The smallest absolute Gasteiger partial charge is 0.407 e. The molecule has 1 aliphatic rings. The second-order valence-corrected chi connectivity index (χ2v) is 10.8. The minimum atomic E-state index is -1.03. The van der Waals surface area contributed by atoms with Gasteiger partial charge >= 0.3 is 6.09 Å². The van der Waals surface area contributed by atoms with E-state index in [-0.39, 0.29) is 23.8 Å². The lowest BCUT2D eigenvalue weighted by Crippen LogP contribution is -2.58. The highest BCUT2D eigenvalue weighted by molar-refractivity contribution is 6.04. The van der Waals surface area contributed by atoms with Crippen LogP contribution in [0.4, 0.5) is 29.3 Å². The average Bonchev–Trinajstić information content (AvgIpc) is 2.90. The number of amides is 2. The van der Waals surface area contributed by atoms with Crippen LogP contribution in [0, 0.1) is 23.4 Å². The molecule has 4 rings (SSSR count). The molecule has 2 N–H and O–H groups in total. The molecule has 0 radical (unpaired) electrons. The Morgan fingerprint density at radius 1 is 1.10 bits per heavy atom. The quantitative estimate of drug-likeness (QED) is 0.212. The Morgan fingerprint density at radius 2 is 1.81 bits per heavy atom. The van der Waals surface area contributed by atoms with Crippen molar-refractivity contribution in [3.63, 3.8) is 0 Å². The summed E-state index contributed by atoms with van der Waals surface area (Å²) < 4.78 is 48.6. The summed E-state index contributed by atoms with van der Waals surface area (Å²) in [5, 5.41) is 9.36. The van der Waals surface area contributed by atoms with E-state index in [2.05, 4.69) is 30.6 Å². The molecular weight excluding hydrogens is 553 g/mol. The van der Waals surface area contributed by atoms with Crippen molar-refractivity contribution in [2.24, 2.45) is 11.0 Å². The topological polar surface area (TPSA) is 145 Å². The van der Waals surface area contributed by atoms with Gasteiger partial charge in [-0.15, -0.1) is 0 Å². The van der Waals surface area contributed by atoms with Crippen molar-refractivity contribution < 1.29 is 27.5 Å². The lowest BCUT2D eigenvalue weighted by molar-refractivity contribution is 0.0487. The first-order valence-electron chi connectivity index (χ1n) is 13.0. The molecule has 11 nitrogen and oxygen atoms in total. The van der Waals surface area contributed by atoms with Crippen molar-refractivity contribution in [2.75, 3.05) is 23.3 Å². The van der Waals surface area contributed by atoms with Crippen molar-refractivity contribution in [3.8, 4) is 11.3 Å². The van der Waals surface area contributed by atoms with Gasteiger partial charge in [-0.1, -0.05) is 18.1 Å². The van der Waals surface area contributed by atoms with Crippen molar-refractivity contribution in [3.05, 3.63) is 82.4 Å². The molecule has 2 amide bonds. The van der Waals surface area contributed by atoms with E-state index >= 15 is 0 Å². The van der Waals surface area contributed by atoms with E-state index in [0.29, 0.717) is 12.2 Å². The minimum absolute atomic E-state index is 0.200. The molecule has 0 aliphatic carbocycles. The second-order valence-electron chi connectivity index (χ2n) is 10.8. The van der Waals surface area contributed by atoms with Crippen molar-refractivity contribution in [1.29, 1.82) is 0 Å². The third-order valence-electron chi connectivity index (χ3n) is 6.47. The van der Waals surface area contributed by atoms with Gasteiger partial charge in [0.05, 0.1) is 35.2 Å². The number of piperidine rings is 1. The summed E-state index contributed by atoms with van der Waals surface area (Å²) >= 11 is 0. The maximum absolute atomic E-state index is 14.5. The van der Waals surface area contributed by atoms with Gasteiger partial charge in [0.2, 0.25) is 0 Å². The number of hydrogen-bond acceptors (Lipinski definition) is 7. The van der Waals surface area contributed by atoms with Gasteiger partial charge in [-0.3, -0.25) is 9.78 Å². The molecule has 0 unspecified atom stereocenters. The fourth-order valence-electron chi connectivity index (χ4n) is 4.73. The predicted octanol–water partition coefficient (Wildman–Crippen LogP) is 5.84. The van der Waals surface area contributed by atoms with Gasteiger partial charge in [-0.05, 0) is 62.6 Å². The summed E-state index contributed by atoms with van der Waals surface area (Å²) in [5.74, 6) is -4.05. The molecule has 3 atom stereocenters. The first-order chi connectivity index (χ1) is 19.9. The summed E-state index contributed by atoms with van der Waals surface area (Å²) in [6.07, 6.45) is 2.24. The average molecular weight is 583 g/mol. The van der Waals surface area contributed by atoms with E-state index < -0.39 is 58.4 Å². The molecule has 42 heavy (non-hydrogen) atoms. The van der Waals surface area contributed by atoms with Crippen LogP contribution in [0.1, 0.15) is 38.2 Å². The molecule has 1 aromatic carbocycles. The van der Waals surface area contributed by atoms with Crippen LogP contribution in [-0.2, 0) is 4.74 Å². The van der Waals surface area contributed by atoms with Crippen LogP contribution in [0.3, 0.4) is 0 Å².